The highest BCUT2D eigenvalue weighted by Crippen LogP contribution is 2.33. The number of ether oxygens (including phenoxy) is 2. The summed E-state index contributed by atoms with van der Waals surface area (Å²) in [6.07, 6.45) is 1.98. The molecule has 0 fully saturated rings. The summed E-state index contributed by atoms with van der Waals surface area (Å²) in [5, 5.41) is 13.4. The van der Waals surface area contributed by atoms with E-state index in [1.54, 1.807) is 0 Å². The Morgan fingerprint density at radius 2 is 2.10 bits per heavy atom. The molecule has 0 radical (unpaired) electrons. The van der Waals surface area contributed by atoms with Crippen LogP contribution in [0, 0.1) is 16.0 Å². The Morgan fingerprint density at radius 1 is 1.34 bits per heavy atom. The number of carbonyl (C=O) groups is 2. The van der Waals surface area contributed by atoms with Crippen LogP contribution in [0.15, 0.2) is 24.3 Å². The molecule has 2 aromatic rings. The fourth-order valence-electron chi connectivity index (χ4n) is 3.21. The molecule has 1 N–H and O–H groups in total. The maximum absolute atomic E-state index is 12.5. The number of non-ortho nitro benzene ring substituents is 1. The van der Waals surface area contributed by atoms with Crippen molar-refractivity contribution in [2.75, 3.05) is 12.4 Å². The van der Waals surface area contributed by atoms with E-state index >= 15 is 0 Å². The summed E-state index contributed by atoms with van der Waals surface area (Å²) in [4.78, 5) is 36.9. The summed E-state index contributed by atoms with van der Waals surface area (Å²) in [6, 6.07) is 5.70. The van der Waals surface area contributed by atoms with Crippen molar-refractivity contribution in [3.63, 3.8) is 0 Å². The van der Waals surface area contributed by atoms with Crippen LogP contribution in [-0.4, -0.2) is 30.0 Å². The number of aryl methyl sites for hydroxylation is 1. The van der Waals surface area contributed by atoms with Gasteiger partial charge in [0, 0.05) is 10.9 Å². The highest BCUT2D eigenvalue weighted by atomic mass is 32.1. The number of hydrogen-bond donors (Lipinski definition) is 1. The van der Waals surface area contributed by atoms with Crippen LogP contribution in [0.2, 0.25) is 0 Å². The van der Waals surface area contributed by atoms with Gasteiger partial charge < -0.3 is 14.8 Å². The second kappa shape index (κ2) is 8.60. The standard InChI is InChI=1S/C20H22N2O6S/c1-11-4-7-17-13(8-11)9-18(29-17)20(24)28-12(2)19(23)21-15-6-5-14(22(25)26)10-16(15)27-3/h5-6,9-12H,4,7-8H2,1-3H3,(H,21,23)/t11-,12+/m0/s1. The first-order chi connectivity index (χ1) is 13.8. The second-order valence-electron chi connectivity index (χ2n) is 7.09. The van der Waals surface area contributed by atoms with Crippen molar-refractivity contribution >= 4 is 34.6 Å². The Kier molecular flexibility index (Phi) is 6.17. The van der Waals surface area contributed by atoms with Gasteiger partial charge in [0.2, 0.25) is 0 Å². The van der Waals surface area contributed by atoms with Crippen molar-refractivity contribution in [2.45, 2.75) is 39.2 Å². The summed E-state index contributed by atoms with van der Waals surface area (Å²) >= 11 is 1.42. The molecule has 1 heterocycles. The molecule has 9 heteroatoms. The third-order valence-corrected chi connectivity index (χ3v) is 6.05. The third-order valence-electron chi connectivity index (χ3n) is 4.84. The predicted octanol–water partition coefficient (Wildman–Crippen LogP) is 3.97. The number of fused-ring (bicyclic) bond motifs is 1. The van der Waals surface area contributed by atoms with Gasteiger partial charge in [-0.25, -0.2) is 4.79 Å². The number of esters is 1. The molecule has 1 aliphatic carbocycles. The highest BCUT2D eigenvalue weighted by Gasteiger charge is 2.25. The molecule has 3 rings (SSSR count). The maximum Gasteiger partial charge on any atom is 0.349 e. The van der Waals surface area contributed by atoms with Crippen LogP contribution in [0.4, 0.5) is 11.4 Å². The van der Waals surface area contributed by atoms with E-state index in [1.165, 1.54) is 54.0 Å². The maximum atomic E-state index is 12.5. The van der Waals surface area contributed by atoms with E-state index in [0.29, 0.717) is 10.8 Å². The van der Waals surface area contributed by atoms with Gasteiger partial charge >= 0.3 is 5.97 Å². The van der Waals surface area contributed by atoms with Crippen molar-refractivity contribution < 1.29 is 24.0 Å². The number of methoxy groups -OCH3 is 1. The molecule has 0 unspecified atom stereocenters. The van der Waals surface area contributed by atoms with Gasteiger partial charge in [-0.2, -0.15) is 0 Å². The summed E-state index contributed by atoms with van der Waals surface area (Å²) in [6.45, 7) is 3.66. The number of amides is 1. The first-order valence-electron chi connectivity index (χ1n) is 9.24. The number of carbonyl (C=O) groups excluding carboxylic acids is 2. The van der Waals surface area contributed by atoms with Gasteiger partial charge in [-0.1, -0.05) is 6.92 Å². The van der Waals surface area contributed by atoms with Gasteiger partial charge in [-0.3, -0.25) is 14.9 Å². The van der Waals surface area contributed by atoms with Crippen LogP contribution in [0.1, 0.15) is 40.4 Å². The van der Waals surface area contributed by atoms with Gasteiger partial charge in [0.1, 0.15) is 10.6 Å². The fourth-order valence-corrected chi connectivity index (χ4v) is 4.30. The SMILES string of the molecule is COc1cc([N+](=O)[O-])ccc1NC(=O)[C@@H](C)OC(=O)c1cc2c(s1)CC[C@H](C)C2. The van der Waals surface area contributed by atoms with Crippen LogP contribution in [0.25, 0.3) is 0 Å². The first kappa shape index (κ1) is 20.8. The number of hydrogen-bond acceptors (Lipinski definition) is 7. The number of nitro groups is 1. The Hall–Kier alpha value is -2.94. The van der Waals surface area contributed by atoms with Crippen LogP contribution < -0.4 is 10.1 Å². The Labute approximate surface area is 172 Å². The third kappa shape index (κ3) is 4.73. The molecule has 0 saturated heterocycles. The van der Waals surface area contributed by atoms with Crippen LogP contribution in [0.5, 0.6) is 5.75 Å². The van der Waals surface area contributed by atoms with Crippen LogP contribution in [0.3, 0.4) is 0 Å². The van der Waals surface area contributed by atoms with E-state index < -0.39 is 22.9 Å². The molecule has 1 aromatic heterocycles. The minimum atomic E-state index is -1.04. The number of nitrogens with zero attached hydrogens (tertiary/aromatic N) is 1. The number of benzene rings is 1. The van der Waals surface area contributed by atoms with E-state index in [9.17, 15) is 19.7 Å². The van der Waals surface area contributed by atoms with Crippen molar-refractivity contribution in [3.05, 3.63) is 49.7 Å². The van der Waals surface area contributed by atoms with Crippen molar-refractivity contribution in [3.8, 4) is 5.75 Å². The number of anilines is 1. The molecule has 8 nitrogen and oxygen atoms in total. The van der Waals surface area contributed by atoms with E-state index in [0.717, 1.165) is 19.3 Å². The topological polar surface area (TPSA) is 108 Å². The zero-order valence-electron chi connectivity index (χ0n) is 16.4. The largest absolute Gasteiger partial charge is 0.494 e. The molecule has 0 bridgehead atoms. The summed E-state index contributed by atoms with van der Waals surface area (Å²) in [5.41, 5.74) is 1.29. The van der Waals surface area contributed by atoms with Crippen molar-refractivity contribution in [2.24, 2.45) is 5.92 Å². The van der Waals surface area contributed by atoms with Gasteiger partial charge in [-0.15, -0.1) is 11.3 Å². The lowest BCUT2D eigenvalue weighted by molar-refractivity contribution is -0.384. The lowest BCUT2D eigenvalue weighted by Gasteiger charge is -2.16. The quantitative estimate of drug-likeness (QED) is 0.432. The molecule has 1 aromatic carbocycles. The normalized spacial score (nSPS) is 16.4. The average molecular weight is 418 g/mol. The molecule has 29 heavy (non-hydrogen) atoms. The molecule has 1 amide bonds. The summed E-state index contributed by atoms with van der Waals surface area (Å²) in [7, 11) is 1.34. The average Bonchev–Trinajstić information content (AvgIpc) is 3.11. The highest BCUT2D eigenvalue weighted by molar-refractivity contribution is 7.14. The molecule has 154 valence electrons. The molecule has 0 saturated carbocycles. The zero-order valence-corrected chi connectivity index (χ0v) is 17.2. The molecule has 0 spiro atoms. The number of rotatable bonds is 6. The fraction of sp³-hybridized carbons (Fsp3) is 0.400. The molecular weight excluding hydrogens is 396 g/mol. The summed E-state index contributed by atoms with van der Waals surface area (Å²) < 4.78 is 10.4. The molecule has 1 aliphatic rings. The van der Waals surface area contributed by atoms with E-state index in [2.05, 4.69) is 12.2 Å². The van der Waals surface area contributed by atoms with Gasteiger partial charge in [0.15, 0.2) is 6.10 Å². The number of thiophene rings is 1. The molecule has 2 atom stereocenters. The van der Waals surface area contributed by atoms with Gasteiger partial charge in [-0.05, 0) is 49.8 Å². The predicted molar refractivity (Wildman–Crippen MR) is 109 cm³/mol. The monoisotopic (exact) mass is 418 g/mol. The second-order valence-corrected chi connectivity index (χ2v) is 8.22. The smallest absolute Gasteiger partial charge is 0.349 e. The van der Waals surface area contributed by atoms with Crippen molar-refractivity contribution in [1.82, 2.24) is 0 Å². The Bertz CT molecular complexity index is 954. The van der Waals surface area contributed by atoms with Gasteiger partial charge in [0.05, 0.1) is 23.8 Å². The summed E-state index contributed by atoms with van der Waals surface area (Å²) in [5.74, 6) is -0.343. The van der Waals surface area contributed by atoms with E-state index in [-0.39, 0.29) is 17.1 Å². The molecular formula is C20H22N2O6S. The minimum Gasteiger partial charge on any atom is -0.494 e. The lowest BCUT2D eigenvalue weighted by atomic mass is 9.90. The number of nitrogens with one attached hydrogen (secondary N) is 1. The van der Waals surface area contributed by atoms with Crippen LogP contribution in [-0.2, 0) is 22.4 Å². The van der Waals surface area contributed by atoms with E-state index in [1.807, 2.05) is 6.07 Å². The van der Waals surface area contributed by atoms with Crippen molar-refractivity contribution in [1.29, 1.82) is 0 Å². The lowest BCUT2D eigenvalue weighted by Crippen LogP contribution is -2.30. The molecule has 0 aliphatic heterocycles. The van der Waals surface area contributed by atoms with Gasteiger partial charge in [0.25, 0.3) is 11.6 Å². The Morgan fingerprint density at radius 3 is 2.79 bits per heavy atom. The Balaban J connectivity index is 1.65. The minimum absolute atomic E-state index is 0.145. The van der Waals surface area contributed by atoms with Crippen LogP contribution >= 0.6 is 11.3 Å². The first-order valence-corrected chi connectivity index (χ1v) is 10.1. The number of nitro benzene ring substituents is 1. The van der Waals surface area contributed by atoms with E-state index in [4.69, 9.17) is 9.47 Å². The zero-order chi connectivity index (χ0) is 21.1.